The maximum atomic E-state index is 12.7. The fourth-order valence-corrected chi connectivity index (χ4v) is 4.42. The highest BCUT2D eigenvalue weighted by molar-refractivity contribution is 8.15. The van der Waals surface area contributed by atoms with E-state index in [-0.39, 0.29) is 18.2 Å². The molecule has 2 aromatic rings. The zero-order valence-corrected chi connectivity index (χ0v) is 19.6. The highest BCUT2D eigenvalue weighted by Crippen LogP contribution is 2.36. The number of amidine groups is 1. The lowest BCUT2D eigenvalue weighted by molar-refractivity contribution is -0.127. The molecule has 1 heterocycles. The van der Waals surface area contributed by atoms with Crippen molar-refractivity contribution in [2.45, 2.75) is 25.5 Å². The van der Waals surface area contributed by atoms with Gasteiger partial charge in [-0.3, -0.25) is 14.5 Å². The predicted molar refractivity (Wildman–Crippen MR) is 125 cm³/mol. The molecule has 1 fully saturated rings. The van der Waals surface area contributed by atoms with Crippen LogP contribution in [0.4, 0.5) is 11.4 Å². The van der Waals surface area contributed by atoms with Gasteiger partial charge in [-0.1, -0.05) is 29.4 Å². The van der Waals surface area contributed by atoms with E-state index in [0.29, 0.717) is 27.4 Å². The molecule has 1 atom stereocenters. The van der Waals surface area contributed by atoms with Gasteiger partial charge in [0, 0.05) is 25.6 Å². The molecule has 7 nitrogen and oxygen atoms in total. The van der Waals surface area contributed by atoms with Crippen LogP contribution in [0.25, 0.3) is 0 Å². The fourth-order valence-electron chi connectivity index (χ4n) is 3.03. The van der Waals surface area contributed by atoms with Crippen LogP contribution < -0.4 is 14.8 Å². The van der Waals surface area contributed by atoms with Crippen molar-refractivity contribution in [1.82, 2.24) is 4.90 Å². The highest BCUT2D eigenvalue weighted by Gasteiger charge is 2.37. The Morgan fingerprint density at radius 3 is 2.52 bits per heavy atom. The first-order valence-electron chi connectivity index (χ1n) is 9.55. The van der Waals surface area contributed by atoms with Crippen LogP contribution in [-0.2, 0) is 9.59 Å². The zero-order valence-electron chi connectivity index (χ0n) is 18.0. The van der Waals surface area contributed by atoms with Crippen LogP contribution in [0.5, 0.6) is 11.5 Å². The molecule has 0 unspecified atom stereocenters. The molecule has 1 saturated heterocycles. The Bertz CT molecular complexity index is 1060. The molecule has 2 amide bonds. The average molecular weight is 462 g/mol. The van der Waals surface area contributed by atoms with Gasteiger partial charge in [-0.15, -0.1) is 0 Å². The number of hydrogen-bond donors (Lipinski definition) is 1. The van der Waals surface area contributed by atoms with Gasteiger partial charge < -0.3 is 14.8 Å². The number of methoxy groups -OCH3 is 2. The van der Waals surface area contributed by atoms with E-state index in [1.807, 2.05) is 32.0 Å². The molecule has 0 saturated carbocycles. The molecule has 2 aromatic carbocycles. The number of aryl methyl sites for hydroxylation is 2. The van der Waals surface area contributed by atoms with Crippen molar-refractivity contribution < 1.29 is 19.1 Å². The van der Waals surface area contributed by atoms with Crippen molar-refractivity contribution >= 4 is 51.7 Å². The lowest BCUT2D eigenvalue weighted by Gasteiger charge is -2.14. The molecule has 0 aliphatic carbocycles. The molecule has 164 valence electrons. The molecule has 1 aliphatic rings. The lowest BCUT2D eigenvalue weighted by atomic mass is 10.1. The van der Waals surface area contributed by atoms with Crippen molar-refractivity contribution in [3.05, 3.63) is 46.5 Å². The Morgan fingerprint density at radius 2 is 1.87 bits per heavy atom. The minimum absolute atomic E-state index is 0.00607. The fraction of sp³-hybridized carbons (Fsp3) is 0.318. The topological polar surface area (TPSA) is 80.2 Å². The Labute approximate surface area is 190 Å². The monoisotopic (exact) mass is 461 g/mol. The van der Waals surface area contributed by atoms with Crippen LogP contribution in [0.1, 0.15) is 17.5 Å². The smallest absolute Gasteiger partial charge is 0.242 e. The van der Waals surface area contributed by atoms with Crippen molar-refractivity contribution in [2.24, 2.45) is 4.99 Å². The third kappa shape index (κ3) is 5.14. The average Bonchev–Trinajstić information content (AvgIpc) is 2.99. The van der Waals surface area contributed by atoms with Gasteiger partial charge in [-0.25, -0.2) is 4.99 Å². The van der Waals surface area contributed by atoms with Crippen LogP contribution in [0.2, 0.25) is 5.02 Å². The van der Waals surface area contributed by atoms with E-state index in [0.717, 1.165) is 11.3 Å². The first-order valence-corrected chi connectivity index (χ1v) is 10.8. The van der Waals surface area contributed by atoms with E-state index in [9.17, 15) is 9.59 Å². The summed E-state index contributed by atoms with van der Waals surface area (Å²) in [4.78, 5) is 31.4. The molecular weight excluding hydrogens is 438 g/mol. The third-order valence-corrected chi connectivity index (χ3v) is 6.50. The molecule has 1 aliphatic heterocycles. The summed E-state index contributed by atoms with van der Waals surface area (Å²) in [6.45, 7) is 4.05. The van der Waals surface area contributed by atoms with Gasteiger partial charge in [0.25, 0.3) is 0 Å². The SMILES string of the molecule is COc1cc(NC(=O)C[C@@H]2SC(=Nc3ccc(C)c(C)c3)N(C)C2=O)c(OC)cc1Cl. The predicted octanol–water partition coefficient (Wildman–Crippen LogP) is 4.56. The van der Waals surface area contributed by atoms with Crippen LogP contribution in [-0.4, -0.2) is 48.4 Å². The quantitative estimate of drug-likeness (QED) is 0.681. The van der Waals surface area contributed by atoms with Gasteiger partial charge >= 0.3 is 0 Å². The molecule has 31 heavy (non-hydrogen) atoms. The molecule has 0 bridgehead atoms. The van der Waals surface area contributed by atoms with Gasteiger partial charge in [-0.05, 0) is 37.1 Å². The van der Waals surface area contributed by atoms with Crippen molar-refractivity contribution in [2.75, 3.05) is 26.6 Å². The number of thioether (sulfide) groups is 1. The number of carbonyl (C=O) groups excluding carboxylic acids is 2. The van der Waals surface area contributed by atoms with E-state index >= 15 is 0 Å². The minimum atomic E-state index is -0.560. The zero-order chi connectivity index (χ0) is 22.7. The number of benzene rings is 2. The summed E-state index contributed by atoms with van der Waals surface area (Å²) in [6, 6.07) is 9.03. The van der Waals surface area contributed by atoms with E-state index in [2.05, 4.69) is 10.3 Å². The molecule has 0 radical (unpaired) electrons. The van der Waals surface area contributed by atoms with E-state index < -0.39 is 5.25 Å². The largest absolute Gasteiger partial charge is 0.495 e. The summed E-state index contributed by atoms with van der Waals surface area (Å²) in [5.74, 6) is 0.322. The number of halogens is 1. The van der Waals surface area contributed by atoms with Gasteiger partial charge in [0.1, 0.15) is 16.7 Å². The number of amides is 2. The number of hydrogen-bond acceptors (Lipinski definition) is 6. The van der Waals surface area contributed by atoms with Gasteiger partial charge in [-0.2, -0.15) is 0 Å². The second-order valence-electron chi connectivity index (χ2n) is 7.11. The number of ether oxygens (including phenoxy) is 2. The van der Waals surface area contributed by atoms with Gasteiger partial charge in [0.2, 0.25) is 11.8 Å². The molecule has 1 N–H and O–H groups in total. The third-order valence-electron chi connectivity index (χ3n) is 4.97. The number of rotatable bonds is 6. The second kappa shape index (κ2) is 9.62. The number of anilines is 1. The highest BCUT2D eigenvalue weighted by atomic mass is 35.5. The van der Waals surface area contributed by atoms with E-state index in [1.54, 1.807) is 19.2 Å². The van der Waals surface area contributed by atoms with Crippen molar-refractivity contribution in [1.29, 1.82) is 0 Å². The normalized spacial score (nSPS) is 17.2. The van der Waals surface area contributed by atoms with Crippen molar-refractivity contribution in [3.8, 4) is 11.5 Å². The molecule has 0 aromatic heterocycles. The number of nitrogens with one attached hydrogen (secondary N) is 1. The summed E-state index contributed by atoms with van der Waals surface area (Å²) in [7, 11) is 4.63. The summed E-state index contributed by atoms with van der Waals surface area (Å²) in [6.07, 6.45) is -0.00607. The first kappa shape index (κ1) is 23.0. The molecule has 3 rings (SSSR count). The van der Waals surface area contributed by atoms with Gasteiger partial charge in [0.15, 0.2) is 5.17 Å². The maximum absolute atomic E-state index is 12.7. The summed E-state index contributed by atoms with van der Waals surface area (Å²) in [5.41, 5.74) is 3.49. The summed E-state index contributed by atoms with van der Waals surface area (Å²) < 4.78 is 10.5. The van der Waals surface area contributed by atoms with E-state index in [4.69, 9.17) is 21.1 Å². The van der Waals surface area contributed by atoms with Crippen LogP contribution in [0.15, 0.2) is 35.3 Å². The van der Waals surface area contributed by atoms with Crippen LogP contribution in [0, 0.1) is 13.8 Å². The molecule has 9 heteroatoms. The van der Waals surface area contributed by atoms with Gasteiger partial charge in [0.05, 0.1) is 30.6 Å². The molecule has 0 spiro atoms. The molecular formula is C22H24ClN3O4S. The summed E-state index contributed by atoms with van der Waals surface area (Å²) >= 11 is 7.39. The van der Waals surface area contributed by atoms with Crippen LogP contribution in [0.3, 0.4) is 0 Å². The first-order chi connectivity index (χ1) is 14.7. The Hall–Kier alpha value is -2.71. The number of carbonyl (C=O) groups is 2. The Balaban J connectivity index is 1.73. The Kier molecular flexibility index (Phi) is 7.12. The standard InChI is InChI=1S/C22H24ClN3O4S/c1-12-6-7-14(8-13(12)2)24-22-26(3)21(28)19(31-22)11-20(27)25-16-10-17(29-4)15(23)9-18(16)30-5/h6-10,19H,11H2,1-5H3,(H,25,27)/t19-/m0/s1. The minimum Gasteiger partial charge on any atom is -0.495 e. The summed E-state index contributed by atoms with van der Waals surface area (Å²) in [5, 5.41) is 3.15. The van der Waals surface area contributed by atoms with E-state index in [1.165, 1.54) is 36.4 Å². The Morgan fingerprint density at radius 1 is 1.16 bits per heavy atom. The number of nitrogens with zero attached hydrogens (tertiary/aromatic N) is 2. The number of aliphatic imine (C=N–C) groups is 1. The lowest BCUT2D eigenvalue weighted by Crippen LogP contribution is -2.30. The maximum Gasteiger partial charge on any atom is 0.242 e. The van der Waals surface area contributed by atoms with Crippen molar-refractivity contribution in [3.63, 3.8) is 0 Å². The van der Waals surface area contributed by atoms with Crippen LogP contribution >= 0.6 is 23.4 Å². The second-order valence-corrected chi connectivity index (χ2v) is 8.68.